The van der Waals surface area contributed by atoms with E-state index < -0.39 is 0 Å². The van der Waals surface area contributed by atoms with Gasteiger partial charge >= 0.3 is 0 Å². The van der Waals surface area contributed by atoms with Gasteiger partial charge in [0.1, 0.15) is 11.6 Å². The molecule has 0 spiro atoms. The summed E-state index contributed by atoms with van der Waals surface area (Å²) in [7, 11) is 1.69. The van der Waals surface area contributed by atoms with E-state index in [1.165, 1.54) is 31.2 Å². The maximum Gasteiger partial charge on any atom is 0.123 e. The molecule has 4 heteroatoms. The SMILES string of the molecule is COc1ccc(CN(Cc2ccc(F)cc2)CC2CCC(CN)CC2)cc1. The highest BCUT2D eigenvalue weighted by Gasteiger charge is 2.22. The number of ether oxygens (including phenoxy) is 1. The highest BCUT2D eigenvalue weighted by atomic mass is 19.1. The molecule has 0 atom stereocenters. The first-order valence-electron chi connectivity index (χ1n) is 9.96. The van der Waals surface area contributed by atoms with Crippen molar-refractivity contribution in [1.82, 2.24) is 4.90 Å². The zero-order valence-electron chi connectivity index (χ0n) is 16.2. The molecule has 2 aromatic carbocycles. The quantitative estimate of drug-likeness (QED) is 0.738. The van der Waals surface area contributed by atoms with Gasteiger partial charge in [-0.05, 0) is 79.5 Å². The third-order valence-corrected chi connectivity index (χ3v) is 5.70. The van der Waals surface area contributed by atoms with E-state index in [1.54, 1.807) is 19.2 Å². The number of nitrogens with two attached hydrogens (primary N) is 1. The molecule has 1 fully saturated rings. The zero-order chi connectivity index (χ0) is 19.1. The monoisotopic (exact) mass is 370 g/mol. The lowest BCUT2D eigenvalue weighted by Gasteiger charge is -2.32. The summed E-state index contributed by atoms with van der Waals surface area (Å²) in [5.41, 5.74) is 8.26. The Labute approximate surface area is 162 Å². The second-order valence-electron chi connectivity index (χ2n) is 7.77. The van der Waals surface area contributed by atoms with Crippen molar-refractivity contribution in [3.05, 3.63) is 65.5 Å². The molecule has 1 aliphatic carbocycles. The van der Waals surface area contributed by atoms with E-state index in [-0.39, 0.29) is 5.82 Å². The van der Waals surface area contributed by atoms with Gasteiger partial charge in [-0.3, -0.25) is 4.90 Å². The summed E-state index contributed by atoms with van der Waals surface area (Å²) < 4.78 is 18.5. The van der Waals surface area contributed by atoms with Crippen LogP contribution < -0.4 is 10.5 Å². The molecule has 0 amide bonds. The predicted molar refractivity (Wildman–Crippen MR) is 108 cm³/mol. The normalized spacial score (nSPS) is 20.0. The summed E-state index contributed by atoms with van der Waals surface area (Å²) in [6.07, 6.45) is 5.00. The van der Waals surface area contributed by atoms with Crippen LogP contribution in [0.25, 0.3) is 0 Å². The highest BCUT2D eigenvalue weighted by molar-refractivity contribution is 5.27. The van der Waals surface area contributed by atoms with Crippen molar-refractivity contribution in [2.24, 2.45) is 17.6 Å². The summed E-state index contributed by atoms with van der Waals surface area (Å²) >= 11 is 0. The van der Waals surface area contributed by atoms with Crippen LogP contribution in [-0.2, 0) is 13.1 Å². The Kier molecular flexibility index (Phi) is 7.25. The van der Waals surface area contributed by atoms with Gasteiger partial charge in [-0.1, -0.05) is 24.3 Å². The van der Waals surface area contributed by atoms with Crippen LogP contribution in [0, 0.1) is 17.7 Å². The molecule has 2 N–H and O–H groups in total. The maximum absolute atomic E-state index is 13.2. The smallest absolute Gasteiger partial charge is 0.123 e. The van der Waals surface area contributed by atoms with E-state index in [1.807, 2.05) is 24.3 Å². The molecule has 3 rings (SSSR count). The molecule has 0 bridgehead atoms. The zero-order valence-corrected chi connectivity index (χ0v) is 16.2. The van der Waals surface area contributed by atoms with E-state index >= 15 is 0 Å². The number of benzene rings is 2. The van der Waals surface area contributed by atoms with Gasteiger partial charge in [-0.25, -0.2) is 4.39 Å². The Morgan fingerprint density at radius 3 is 1.93 bits per heavy atom. The lowest BCUT2D eigenvalue weighted by atomic mass is 9.82. The lowest BCUT2D eigenvalue weighted by molar-refractivity contribution is 0.170. The first-order chi connectivity index (χ1) is 13.2. The van der Waals surface area contributed by atoms with Crippen LogP contribution in [0.15, 0.2) is 48.5 Å². The lowest BCUT2D eigenvalue weighted by Crippen LogP contribution is -2.32. The summed E-state index contributed by atoms with van der Waals surface area (Å²) in [6, 6.07) is 15.2. The molecule has 146 valence electrons. The minimum absolute atomic E-state index is 0.180. The average Bonchev–Trinajstić information content (AvgIpc) is 2.71. The molecule has 27 heavy (non-hydrogen) atoms. The standard InChI is InChI=1S/C23H31FN2O/c1-27-23-12-8-21(9-13-23)17-26(16-20-6-10-22(24)11-7-20)15-19-4-2-18(14-25)3-5-19/h6-13,18-19H,2-5,14-17,25H2,1H3. The van der Waals surface area contributed by atoms with E-state index in [4.69, 9.17) is 10.5 Å². The molecule has 0 aliphatic heterocycles. The van der Waals surface area contributed by atoms with Crippen LogP contribution in [0.5, 0.6) is 5.75 Å². The fourth-order valence-corrected chi connectivity index (χ4v) is 4.04. The van der Waals surface area contributed by atoms with Gasteiger partial charge in [0.25, 0.3) is 0 Å². The van der Waals surface area contributed by atoms with E-state index in [9.17, 15) is 4.39 Å². The molecule has 3 nitrogen and oxygen atoms in total. The number of hydrogen-bond donors (Lipinski definition) is 1. The van der Waals surface area contributed by atoms with E-state index in [0.29, 0.717) is 11.8 Å². The van der Waals surface area contributed by atoms with Crippen molar-refractivity contribution in [1.29, 1.82) is 0 Å². The Bertz CT molecular complexity index is 679. The number of rotatable bonds is 8. The summed E-state index contributed by atoms with van der Waals surface area (Å²) in [4.78, 5) is 2.49. The van der Waals surface area contributed by atoms with Gasteiger partial charge in [0.2, 0.25) is 0 Å². The molecule has 0 heterocycles. The van der Waals surface area contributed by atoms with Crippen LogP contribution in [-0.4, -0.2) is 25.1 Å². The van der Waals surface area contributed by atoms with Gasteiger partial charge in [0.05, 0.1) is 7.11 Å². The van der Waals surface area contributed by atoms with Crippen molar-refractivity contribution >= 4 is 0 Å². The van der Waals surface area contributed by atoms with E-state index in [2.05, 4.69) is 17.0 Å². The first kappa shape index (κ1) is 19.8. The summed E-state index contributed by atoms with van der Waals surface area (Å²) in [5.74, 6) is 2.12. The Morgan fingerprint density at radius 1 is 0.889 bits per heavy atom. The topological polar surface area (TPSA) is 38.5 Å². The second-order valence-corrected chi connectivity index (χ2v) is 7.77. The molecule has 1 aliphatic rings. The number of methoxy groups -OCH3 is 1. The molecular formula is C23H31FN2O. The first-order valence-corrected chi connectivity index (χ1v) is 9.96. The molecular weight excluding hydrogens is 339 g/mol. The van der Waals surface area contributed by atoms with Crippen LogP contribution >= 0.6 is 0 Å². The molecule has 0 aromatic heterocycles. The predicted octanol–water partition coefficient (Wildman–Crippen LogP) is 4.60. The second kappa shape index (κ2) is 9.86. The molecule has 2 aromatic rings. The average molecular weight is 371 g/mol. The molecule has 1 saturated carbocycles. The van der Waals surface area contributed by atoms with Gasteiger partial charge < -0.3 is 10.5 Å². The fraction of sp³-hybridized carbons (Fsp3) is 0.478. The molecule has 0 unspecified atom stereocenters. The van der Waals surface area contributed by atoms with Crippen LogP contribution in [0.2, 0.25) is 0 Å². The van der Waals surface area contributed by atoms with Gasteiger partial charge in [0.15, 0.2) is 0 Å². The largest absolute Gasteiger partial charge is 0.497 e. The van der Waals surface area contributed by atoms with Gasteiger partial charge in [-0.15, -0.1) is 0 Å². The molecule has 0 saturated heterocycles. The number of nitrogens with zero attached hydrogens (tertiary/aromatic N) is 1. The van der Waals surface area contributed by atoms with Gasteiger partial charge in [-0.2, -0.15) is 0 Å². The Balaban J connectivity index is 1.66. The van der Waals surface area contributed by atoms with Crippen molar-refractivity contribution < 1.29 is 9.13 Å². The Morgan fingerprint density at radius 2 is 1.41 bits per heavy atom. The third kappa shape index (κ3) is 6.05. The van der Waals surface area contributed by atoms with Crippen molar-refractivity contribution in [3.8, 4) is 5.75 Å². The number of hydrogen-bond acceptors (Lipinski definition) is 3. The van der Waals surface area contributed by atoms with Crippen LogP contribution in [0.3, 0.4) is 0 Å². The van der Waals surface area contributed by atoms with E-state index in [0.717, 1.165) is 37.5 Å². The fourth-order valence-electron chi connectivity index (χ4n) is 4.04. The third-order valence-electron chi connectivity index (χ3n) is 5.70. The highest BCUT2D eigenvalue weighted by Crippen LogP contribution is 2.29. The minimum atomic E-state index is -0.180. The van der Waals surface area contributed by atoms with Crippen LogP contribution in [0.4, 0.5) is 4.39 Å². The maximum atomic E-state index is 13.2. The summed E-state index contributed by atoms with van der Waals surface area (Å²) in [6.45, 7) is 3.61. The van der Waals surface area contributed by atoms with Gasteiger partial charge in [0, 0.05) is 19.6 Å². The Hall–Kier alpha value is -1.91. The molecule has 0 radical (unpaired) electrons. The minimum Gasteiger partial charge on any atom is -0.497 e. The van der Waals surface area contributed by atoms with Crippen molar-refractivity contribution in [2.75, 3.05) is 20.2 Å². The van der Waals surface area contributed by atoms with Crippen molar-refractivity contribution in [2.45, 2.75) is 38.8 Å². The van der Waals surface area contributed by atoms with Crippen LogP contribution in [0.1, 0.15) is 36.8 Å². The summed E-state index contributed by atoms with van der Waals surface area (Å²) in [5, 5.41) is 0. The number of halogens is 1. The van der Waals surface area contributed by atoms with Crippen molar-refractivity contribution in [3.63, 3.8) is 0 Å².